The van der Waals surface area contributed by atoms with Gasteiger partial charge in [0.2, 0.25) is 5.91 Å². The molecule has 4 rings (SSSR count). The molecule has 0 aliphatic rings. The smallest absolute Gasteiger partial charge is 0.345 e. The number of hydrogen-bond acceptors (Lipinski definition) is 3. The van der Waals surface area contributed by atoms with E-state index in [1.54, 1.807) is 54.9 Å². The molecule has 0 fully saturated rings. The Bertz CT molecular complexity index is 1410. The van der Waals surface area contributed by atoms with Crippen molar-refractivity contribution < 1.29 is 22.8 Å². The number of nitrogens with one attached hydrogen (secondary N) is 2. The normalized spacial score (nSPS) is 11.4. The van der Waals surface area contributed by atoms with E-state index < -0.39 is 17.6 Å². The lowest BCUT2D eigenvalue weighted by molar-refractivity contribution is -0.137. The van der Waals surface area contributed by atoms with Crippen LogP contribution in [0.2, 0.25) is 0 Å². The Morgan fingerprint density at radius 2 is 1.78 bits per heavy atom. The molecule has 2 amide bonds. The van der Waals surface area contributed by atoms with Crippen molar-refractivity contribution in [2.45, 2.75) is 6.18 Å². The van der Waals surface area contributed by atoms with Crippen LogP contribution in [0.25, 0.3) is 17.5 Å². The summed E-state index contributed by atoms with van der Waals surface area (Å²) in [5, 5.41) is 2.81. The van der Waals surface area contributed by atoms with Crippen LogP contribution in [0.1, 0.15) is 21.5 Å². The molecule has 0 radical (unpaired) electrons. The zero-order valence-corrected chi connectivity index (χ0v) is 19.1. The minimum Gasteiger partial charge on any atom is -0.345 e. The lowest BCUT2D eigenvalue weighted by atomic mass is 10.1. The Kier molecular flexibility index (Phi) is 7.00. The van der Waals surface area contributed by atoms with Crippen molar-refractivity contribution in [1.82, 2.24) is 9.97 Å². The molecular weight excluding hydrogens is 469 g/mol. The van der Waals surface area contributed by atoms with Crippen molar-refractivity contribution in [3.8, 4) is 11.4 Å². The van der Waals surface area contributed by atoms with Crippen LogP contribution in [0.4, 0.5) is 24.5 Å². The van der Waals surface area contributed by atoms with Crippen molar-refractivity contribution in [1.29, 1.82) is 0 Å². The maximum Gasteiger partial charge on any atom is 0.416 e. The highest BCUT2D eigenvalue weighted by atomic mass is 19.4. The van der Waals surface area contributed by atoms with Gasteiger partial charge in [0.15, 0.2) is 0 Å². The maximum atomic E-state index is 13.0. The number of amides is 2. The average molecular weight is 490 g/mol. The summed E-state index contributed by atoms with van der Waals surface area (Å²) < 4.78 is 39.1. The summed E-state index contributed by atoms with van der Waals surface area (Å²) in [6.45, 7) is 0. The fourth-order valence-electron chi connectivity index (χ4n) is 3.53. The van der Waals surface area contributed by atoms with Crippen molar-refractivity contribution in [2.24, 2.45) is 0 Å². The Labute approximate surface area is 205 Å². The van der Waals surface area contributed by atoms with Crippen LogP contribution in [0.3, 0.4) is 0 Å². The number of para-hydroxylation sites is 1. The summed E-state index contributed by atoms with van der Waals surface area (Å²) in [7, 11) is 1.41. The second-order valence-corrected chi connectivity index (χ2v) is 7.84. The van der Waals surface area contributed by atoms with Crippen LogP contribution in [-0.4, -0.2) is 28.8 Å². The predicted octanol–water partition coefficient (Wildman–Crippen LogP) is 6.02. The topological polar surface area (TPSA) is 78.1 Å². The lowest BCUT2D eigenvalue weighted by Crippen LogP contribution is -2.26. The number of anilines is 2. The van der Waals surface area contributed by atoms with Gasteiger partial charge in [-0.05, 0) is 54.1 Å². The molecular formula is C27H21F3N4O2. The van der Waals surface area contributed by atoms with E-state index in [2.05, 4.69) is 15.3 Å². The molecule has 1 aromatic heterocycles. The molecule has 9 heteroatoms. The van der Waals surface area contributed by atoms with Gasteiger partial charge in [0.05, 0.1) is 11.3 Å². The summed E-state index contributed by atoms with van der Waals surface area (Å²) in [6.07, 6.45) is 1.67. The van der Waals surface area contributed by atoms with Crippen LogP contribution < -0.4 is 10.2 Å². The maximum absolute atomic E-state index is 13.0. The number of hydrogen-bond donors (Lipinski definition) is 2. The van der Waals surface area contributed by atoms with E-state index in [9.17, 15) is 22.8 Å². The number of aromatic nitrogens is 2. The largest absolute Gasteiger partial charge is 0.416 e. The number of imidazole rings is 1. The van der Waals surface area contributed by atoms with E-state index >= 15 is 0 Å². The number of benzene rings is 3. The van der Waals surface area contributed by atoms with E-state index in [-0.39, 0.29) is 17.2 Å². The molecule has 0 aliphatic carbocycles. The molecule has 1 heterocycles. The molecule has 0 atom stereocenters. The second kappa shape index (κ2) is 10.3. The first-order valence-electron chi connectivity index (χ1n) is 10.9. The number of H-pyrrole nitrogens is 1. The van der Waals surface area contributed by atoms with Crippen molar-refractivity contribution >= 4 is 29.3 Å². The van der Waals surface area contributed by atoms with Crippen LogP contribution in [0, 0.1) is 0 Å². The molecule has 0 aliphatic heterocycles. The van der Waals surface area contributed by atoms with Gasteiger partial charge in [-0.1, -0.05) is 30.3 Å². The van der Waals surface area contributed by atoms with Gasteiger partial charge in [-0.25, -0.2) is 4.98 Å². The van der Waals surface area contributed by atoms with E-state index in [4.69, 9.17) is 0 Å². The number of aromatic amines is 1. The van der Waals surface area contributed by atoms with Crippen molar-refractivity contribution in [2.75, 3.05) is 17.3 Å². The van der Waals surface area contributed by atoms with Crippen LogP contribution in [0.15, 0.2) is 91.3 Å². The van der Waals surface area contributed by atoms with Gasteiger partial charge in [-0.15, -0.1) is 0 Å². The third kappa shape index (κ3) is 5.69. The molecule has 3 aromatic carbocycles. The quantitative estimate of drug-likeness (QED) is 0.324. The standard InChI is InChI=1S/C27H21F3N4O2/c1-34(21-9-5-8-20(17-21)27(28,29)30)26(36)19-7-4-6-18(16-19)12-13-24(35)33-23-11-3-2-10-22(23)25-31-14-15-32-25/h2-17H,1H3,(H,31,32)(H,33,35)/b13-12+. The number of carbonyl (C=O) groups excluding carboxylic acids is 2. The first kappa shape index (κ1) is 24.5. The van der Waals surface area contributed by atoms with Crippen LogP contribution >= 0.6 is 0 Å². The van der Waals surface area contributed by atoms with E-state index in [0.29, 0.717) is 17.1 Å². The van der Waals surface area contributed by atoms with Gasteiger partial charge in [0, 0.05) is 42.3 Å². The molecule has 0 spiro atoms. The Morgan fingerprint density at radius 1 is 1.00 bits per heavy atom. The molecule has 36 heavy (non-hydrogen) atoms. The summed E-state index contributed by atoms with van der Waals surface area (Å²) in [4.78, 5) is 33.8. The second-order valence-electron chi connectivity index (χ2n) is 7.84. The lowest BCUT2D eigenvalue weighted by Gasteiger charge is -2.19. The van der Waals surface area contributed by atoms with Gasteiger partial charge in [-0.2, -0.15) is 13.2 Å². The van der Waals surface area contributed by atoms with Crippen molar-refractivity contribution in [3.63, 3.8) is 0 Å². The fourth-order valence-corrected chi connectivity index (χ4v) is 3.53. The molecule has 0 unspecified atom stereocenters. The van der Waals surface area contributed by atoms with Gasteiger partial charge in [-0.3, -0.25) is 9.59 Å². The fraction of sp³-hybridized carbons (Fsp3) is 0.0741. The number of halogens is 3. The molecule has 0 saturated heterocycles. The number of alkyl halides is 3. The SMILES string of the molecule is CN(C(=O)c1cccc(/C=C/C(=O)Nc2ccccc2-c2ncc[nH]2)c1)c1cccc(C(F)(F)F)c1. The Hall–Kier alpha value is -4.66. The summed E-state index contributed by atoms with van der Waals surface area (Å²) >= 11 is 0. The highest BCUT2D eigenvalue weighted by Crippen LogP contribution is 2.31. The monoisotopic (exact) mass is 490 g/mol. The summed E-state index contributed by atoms with van der Waals surface area (Å²) in [5.41, 5.74) is 1.43. The Morgan fingerprint density at radius 3 is 2.53 bits per heavy atom. The third-order valence-electron chi connectivity index (χ3n) is 5.36. The predicted molar refractivity (Wildman–Crippen MR) is 132 cm³/mol. The first-order chi connectivity index (χ1) is 17.2. The zero-order chi connectivity index (χ0) is 25.7. The van der Waals surface area contributed by atoms with E-state index in [1.807, 2.05) is 12.1 Å². The van der Waals surface area contributed by atoms with Gasteiger partial charge in [0.1, 0.15) is 5.82 Å². The molecule has 182 valence electrons. The van der Waals surface area contributed by atoms with Gasteiger partial charge < -0.3 is 15.2 Å². The van der Waals surface area contributed by atoms with E-state index in [1.165, 1.54) is 25.3 Å². The van der Waals surface area contributed by atoms with Gasteiger partial charge >= 0.3 is 6.18 Å². The number of rotatable bonds is 6. The molecule has 2 N–H and O–H groups in total. The highest BCUT2D eigenvalue weighted by Gasteiger charge is 2.31. The van der Waals surface area contributed by atoms with Crippen molar-refractivity contribution in [3.05, 3.63) is 108 Å². The zero-order valence-electron chi connectivity index (χ0n) is 19.1. The Balaban J connectivity index is 1.47. The van der Waals surface area contributed by atoms with E-state index in [0.717, 1.165) is 22.6 Å². The first-order valence-corrected chi connectivity index (χ1v) is 10.9. The number of nitrogens with zero attached hydrogens (tertiary/aromatic N) is 2. The highest BCUT2D eigenvalue weighted by molar-refractivity contribution is 6.07. The minimum absolute atomic E-state index is 0.116. The summed E-state index contributed by atoms with van der Waals surface area (Å²) in [5.74, 6) is -0.251. The number of carbonyl (C=O) groups is 2. The van der Waals surface area contributed by atoms with Gasteiger partial charge in [0.25, 0.3) is 5.91 Å². The van der Waals surface area contributed by atoms with Crippen LogP contribution in [0.5, 0.6) is 0 Å². The average Bonchev–Trinajstić information content (AvgIpc) is 3.41. The molecule has 0 saturated carbocycles. The summed E-state index contributed by atoms with van der Waals surface area (Å²) in [6, 6.07) is 18.2. The van der Waals surface area contributed by atoms with Crippen LogP contribution in [-0.2, 0) is 11.0 Å². The molecule has 0 bridgehead atoms. The third-order valence-corrected chi connectivity index (χ3v) is 5.36. The minimum atomic E-state index is -4.51. The molecule has 4 aromatic rings. The molecule has 6 nitrogen and oxygen atoms in total.